The molecule has 0 saturated heterocycles. The molecule has 3 rings (SSSR count). The number of hydrogen-bond acceptors (Lipinski definition) is 7. The summed E-state index contributed by atoms with van der Waals surface area (Å²) < 4.78 is 7.51. The van der Waals surface area contributed by atoms with Gasteiger partial charge in [0.25, 0.3) is 0 Å². The average molecular weight is 392 g/mol. The number of halogens is 1. The van der Waals surface area contributed by atoms with Gasteiger partial charge in [0.15, 0.2) is 0 Å². The van der Waals surface area contributed by atoms with Gasteiger partial charge in [-0.15, -0.1) is 21.5 Å². The van der Waals surface area contributed by atoms with E-state index in [1.54, 1.807) is 11.3 Å². The number of amides is 1. The zero-order valence-corrected chi connectivity index (χ0v) is 14.1. The maximum Gasteiger partial charge on any atom is 0.230 e. The Hall–Kier alpha value is -2.31. The van der Waals surface area contributed by atoms with Gasteiger partial charge in [0.1, 0.15) is 18.0 Å². The normalized spacial score (nSPS) is 10.6. The monoisotopic (exact) mass is 391 g/mol. The Morgan fingerprint density at radius 3 is 3.04 bits per heavy atom. The van der Waals surface area contributed by atoms with Crippen molar-refractivity contribution in [1.29, 1.82) is 5.26 Å². The lowest BCUT2D eigenvalue weighted by Gasteiger charge is -1.95. The van der Waals surface area contributed by atoms with Crippen molar-refractivity contribution < 1.29 is 9.21 Å². The minimum absolute atomic E-state index is 0.0402. The van der Waals surface area contributed by atoms with Crippen molar-refractivity contribution in [2.75, 3.05) is 6.54 Å². The van der Waals surface area contributed by atoms with Crippen molar-refractivity contribution in [2.24, 2.45) is 0 Å². The number of rotatable bonds is 5. The molecule has 116 valence electrons. The summed E-state index contributed by atoms with van der Waals surface area (Å²) >= 11 is 4.98. The molecule has 2 aromatic heterocycles. The molecule has 23 heavy (non-hydrogen) atoms. The third kappa shape index (κ3) is 3.91. The van der Waals surface area contributed by atoms with E-state index in [1.165, 1.54) is 0 Å². The molecule has 0 radical (unpaired) electrons. The Labute approximate surface area is 143 Å². The van der Waals surface area contributed by atoms with Crippen LogP contribution in [0.3, 0.4) is 0 Å². The first-order chi connectivity index (χ1) is 11.1. The summed E-state index contributed by atoms with van der Waals surface area (Å²) in [6.07, 6.45) is 0.380. The number of carbonyl (C=O) groups excluding carboxylic acids is 1. The van der Waals surface area contributed by atoms with Crippen LogP contribution in [0.25, 0.3) is 10.2 Å². The first-order valence-corrected chi connectivity index (χ1v) is 8.25. The van der Waals surface area contributed by atoms with Crippen molar-refractivity contribution in [1.82, 2.24) is 20.5 Å². The third-order valence-corrected chi connectivity index (χ3v) is 4.41. The highest BCUT2D eigenvalue weighted by Crippen LogP contribution is 2.26. The molecule has 0 unspecified atom stereocenters. The molecule has 1 aromatic carbocycles. The van der Waals surface area contributed by atoms with Crippen molar-refractivity contribution in [3.63, 3.8) is 0 Å². The number of fused-ring (bicyclic) bond motifs is 1. The Bertz CT molecular complexity index is 898. The van der Waals surface area contributed by atoms with Crippen LogP contribution in [0.2, 0.25) is 0 Å². The maximum absolute atomic E-state index is 11.5. The molecule has 9 heteroatoms. The second kappa shape index (κ2) is 6.85. The molecule has 0 aliphatic carbocycles. The van der Waals surface area contributed by atoms with Gasteiger partial charge in [0.2, 0.25) is 17.7 Å². The van der Waals surface area contributed by atoms with Gasteiger partial charge >= 0.3 is 0 Å². The molecule has 0 saturated carbocycles. The minimum Gasteiger partial charge on any atom is -0.424 e. The summed E-state index contributed by atoms with van der Waals surface area (Å²) in [6, 6.07) is 7.75. The quantitative estimate of drug-likeness (QED) is 0.668. The smallest absolute Gasteiger partial charge is 0.230 e. The summed E-state index contributed by atoms with van der Waals surface area (Å²) in [4.78, 5) is 16.0. The Kier molecular flexibility index (Phi) is 4.64. The number of benzene rings is 1. The summed E-state index contributed by atoms with van der Waals surface area (Å²) in [5.74, 6) is 0.303. The molecule has 0 fully saturated rings. The van der Waals surface area contributed by atoms with E-state index in [1.807, 2.05) is 24.3 Å². The first kappa shape index (κ1) is 15.6. The average Bonchev–Trinajstić information content (AvgIpc) is 3.11. The maximum atomic E-state index is 11.5. The molecule has 0 aliphatic heterocycles. The van der Waals surface area contributed by atoms with E-state index in [-0.39, 0.29) is 24.8 Å². The van der Waals surface area contributed by atoms with Crippen LogP contribution in [0.4, 0.5) is 0 Å². The van der Waals surface area contributed by atoms with Gasteiger partial charge in [-0.25, -0.2) is 4.98 Å². The molecular formula is C14H10BrN5O2S. The first-order valence-electron chi connectivity index (χ1n) is 6.64. The van der Waals surface area contributed by atoms with Gasteiger partial charge in [0.05, 0.1) is 22.7 Å². The fraction of sp³-hybridized carbons (Fsp3) is 0.214. The molecule has 0 aliphatic rings. The van der Waals surface area contributed by atoms with E-state index < -0.39 is 0 Å². The molecule has 1 N–H and O–H groups in total. The lowest BCUT2D eigenvalue weighted by atomic mass is 10.3. The predicted molar refractivity (Wildman–Crippen MR) is 86.8 cm³/mol. The van der Waals surface area contributed by atoms with Crippen LogP contribution in [-0.4, -0.2) is 27.6 Å². The second-order valence-corrected chi connectivity index (χ2v) is 6.63. The second-order valence-electron chi connectivity index (χ2n) is 4.60. The molecule has 2 heterocycles. The summed E-state index contributed by atoms with van der Waals surface area (Å²) in [6.45, 7) is -0.0406. The summed E-state index contributed by atoms with van der Waals surface area (Å²) in [5, 5.41) is 19.5. The van der Waals surface area contributed by atoms with Gasteiger partial charge in [-0.2, -0.15) is 5.26 Å². The van der Waals surface area contributed by atoms with Crippen molar-refractivity contribution >= 4 is 43.4 Å². The molecule has 0 atom stereocenters. The van der Waals surface area contributed by atoms with E-state index >= 15 is 0 Å². The fourth-order valence-corrected chi connectivity index (χ4v) is 3.21. The fourth-order valence-electron chi connectivity index (χ4n) is 1.92. The molecule has 3 aromatic rings. The Morgan fingerprint density at radius 2 is 2.22 bits per heavy atom. The van der Waals surface area contributed by atoms with E-state index in [0.29, 0.717) is 12.3 Å². The number of nitriles is 1. The zero-order valence-electron chi connectivity index (χ0n) is 11.7. The lowest BCUT2D eigenvalue weighted by molar-refractivity contribution is -0.120. The predicted octanol–water partition coefficient (Wildman–Crippen LogP) is 2.21. The Balaban J connectivity index is 1.68. The summed E-state index contributed by atoms with van der Waals surface area (Å²) in [5.41, 5.74) is 0.912. The van der Waals surface area contributed by atoms with E-state index in [9.17, 15) is 4.79 Å². The van der Waals surface area contributed by atoms with Crippen LogP contribution in [0, 0.1) is 11.3 Å². The van der Waals surface area contributed by atoms with Crippen LogP contribution < -0.4 is 5.32 Å². The number of aromatic nitrogens is 3. The van der Waals surface area contributed by atoms with Gasteiger partial charge in [-0.3, -0.25) is 4.79 Å². The standard InChI is InChI=1S/C14H10BrN5O2S/c15-8-1-2-10-9(5-8)18-14(23-10)7-13-20-19-12(22-13)6-11(21)17-4-3-16/h1-2,5H,4,6-7H2,(H,17,21). The zero-order chi connectivity index (χ0) is 16.2. The SMILES string of the molecule is N#CCNC(=O)Cc1nnc(Cc2nc3cc(Br)ccc3s2)o1. The van der Waals surface area contributed by atoms with Crippen LogP contribution in [0.5, 0.6) is 0 Å². The largest absolute Gasteiger partial charge is 0.424 e. The number of thiazole rings is 1. The topological polar surface area (TPSA) is 105 Å². The number of hydrogen-bond donors (Lipinski definition) is 1. The molecular weight excluding hydrogens is 382 g/mol. The van der Waals surface area contributed by atoms with Gasteiger partial charge in [0, 0.05) is 4.47 Å². The highest BCUT2D eigenvalue weighted by molar-refractivity contribution is 9.10. The molecule has 7 nitrogen and oxygen atoms in total. The molecule has 0 bridgehead atoms. The van der Waals surface area contributed by atoms with Crippen molar-refractivity contribution in [3.8, 4) is 6.07 Å². The highest BCUT2D eigenvalue weighted by Gasteiger charge is 2.13. The van der Waals surface area contributed by atoms with Crippen LogP contribution in [0.15, 0.2) is 27.1 Å². The van der Waals surface area contributed by atoms with E-state index in [0.717, 1.165) is 19.7 Å². The lowest BCUT2D eigenvalue weighted by Crippen LogP contribution is -2.25. The van der Waals surface area contributed by atoms with Crippen molar-refractivity contribution in [3.05, 3.63) is 39.5 Å². The number of nitrogens with zero attached hydrogens (tertiary/aromatic N) is 4. The third-order valence-electron chi connectivity index (χ3n) is 2.88. The number of carbonyl (C=O) groups is 1. The summed E-state index contributed by atoms with van der Waals surface area (Å²) in [7, 11) is 0. The van der Waals surface area contributed by atoms with Gasteiger partial charge in [-0.05, 0) is 18.2 Å². The van der Waals surface area contributed by atoms with Crippen LogP contribution in [0.1, 0.15) is 16.8 Å². The van der Waals surface area contributed by atoms with Crippen LogP contribution in [-0.2, 0) is 17.6 Å². The van der Waals surface area contributed by atoms with Crippen molar-refractivity contribution in [2.45, 2.75) is 12.8 Å². The van der Waals surface area contributed by atoms with E-state index in [2.05, 4.69) is 36.4 Å². The molecule has 0 spiro atoms. The van der Waals surface area contributed by atoms with E-state index in [4.69, 9.17) is 9.68 Å². The highest BCUT2D eigenvalue weighted by atomic mass is 79.9. The van der Waals surface area contributed by atoms with Crippen LogP contribution >= 0.6 is 27.3 Å². The van der Waals surface area contributed by atoms with Gasteiger partial charge < -0.3 is 9.73 Å². The molecule has 1 amide bonds. The minimum atomic E-state index is -0.327. The number of nitrogens with one attached hydrogen (secondary N) is 1. The van der Waals surface area contributed by atoms with Gasteiger partial charge in [-0.1, -0.05) is 15.9 Å². The Morgan fingerprint density at radius 1 is 1.39 bits per heavy atom.